The molecular formula is C17H22N4O2. The van der Waals surface area contributed by atoms with Crippen molar-refractivity contribution in [3.05, 3.63) is 47.7 Å². The van der Waals surface area contributed by atoms with E-state index in [1.807, 2.05) is 24.3 Å². The smallest absolute Gasteiger partial charge is 0.272 e. The van der Waals surface area contributed by atoms with Gasteiger partial charge in [-0.3, -0.25) is 4.79 Å². The van der Waals surface area contributed by atoms with Crippen molar-refractivity contribution < 1.29 is 9.53 Å². The highest BCUT2D eigenvalue weighted by molar-refractivity contribution is 5.92. The number of nitrogens with zero attached hydrogens (tertiary/aromatic N) is 2. The highest BCUT2D eigenvalue weighted by atomic mass is 16.5. The first kappa shape index (κ1) is 16.7. The van der Waals surface area contributed by atoms with E-state index >= 15 is 0 Å². The molecule has 0 radical (unpaired) electrons. The maximum absolute atomic E-state index is 12.1. The molecule has 0 saturated carbocycles. The van der Waals surface area contributed by atoms with Crippen LogP contribution in [0.5, 0.6) is 5.75 Å². The Balaban J connectivity index is 1.87. The van der Waals surface area contributed by atoms with Crippen molar-refractivity contribution >= 4 is 11.7 Å². The number of ether oxygens (including phenoxy) is 1. The highest BCUT2D eigenvalue weighted by Gasteiger charge is 2.08. The van der Waals surface area contributed by atoms with E-state index in [9.17, 15) is 4.79 Å². The summed E-state index contributed by atoms with van der Waals surface area (Å²) in [5, 5.41) is 13.9. The average molecular weight is 314 g/mol. The minimum atomic E-state index is -0.247. The standard InChI is InChI=1S/C17H22N4O2/c1-12(2)10-18-16-9-8-15(20-21-16)17(22)19-11-13-4-6-14(23-3)7-5-13/h4-9,12H,10-11H2,1-3H3,(H,18,21)(H,19,22). The number of hydrogen-bond acceptors (Lipinski definition) is 5. The number of anilines is 1. The number of carbonyl (C=O) groups is 1. The number of benzene rings is 1. The van der Waals surface area contributed by atoms with Crippen molar-refractivity contribution in [2.45, 2.75) is 20.4 Å². The van der Waals surface area contributed by atoms with E-state index in [0.29, 0.717) is 24.0 Å². The summed E-state index contributed by atoms with van der Waals surface area (Å²) in [4.78, 5) is 12.1. The lowest BCUT2D eigenvalue weighted by Gasteiger charge is -2.08. The van der Waals surface area contributed by atoms with Gasteiger partial charge in [0, 0.05) is 13.1 Å². The maximum Gasteiger partial charge on any atom is 0.272 e. The average Bonchev–Trinajstić information content (AvgIpc) is 2.58. The van der Waals surface area contributed by atoms with E-state index in [0.717, 1.165) is 17.9 Å². The van der Waals surface area contributed by atoms with Crippen LogP contribution in [0, 0.1) is 5.92 Å². The van der Waals surface area contributed by atoms with Crippen LogP contribution < -0.4 is 15.4 Å². The van der Waals surface area contributed by atoms with Crippen LogP contribution in [-0.4, -0.2) is 29.8 Å². The van der Waals surface area contributed by atoms with Gasteiger partial charge in [-0.15, -0.1) is 10.2 Å². The van der Waals surface area contributed by atoms with Gasteiger partial charge in [-0.1, -0.05) is 26.0 Å². The second-order valence-corrected chi connectivity index (χ2v) is 5.61. The van der Waals surface area contributed by atoms with Crippen molar-refractivity contribution in [3.8, 4) is 5.75 Å². The number of nitrogens with one attached hydrogen (secondary N) is 2. The molecule has 0 aliphatic heterocycles. The summed E-state index contributed by atoms with van der Waals surface area (Å²) < 4.78 is 5.10. The van der Waals surface area contributed by atoms with Gasteiger partial charge in [-0.25, -0.2) is 0 Å². The summed E-state index contributed by atoms with van der Waals surface area (Å²) in [5.41, 5.74) is 1.29. The minimum absolute atomic E-state index is 0.247. The predicted octanol–water partition coefficient (Wildman–Crippen LogP) is 2.48. The third kappa shape index (κ3) is 5.25. The third-order valence-electron chi connectivity index (χ3n) is 3.20. The van der Waals surface area contributed by atoms with Gasteiger partial charge >= 0.3 is 0 Å². The molecule has 1 aromatic heterocycles. The summed E-state index contributed by atoms with van der Waals surface area (Å²) in [7, 11) is 1.62. The van der Waals surface area contributed by atoms with Gasteiger partial charge in [-0.2, -0.15) is 0 Å². The SMILES string of the molecule is COc1ccc(CNC(=O)c2ccc(NCC(C)C)nn2)cc1. The second kappa shape index (κ2) is 8.12. The zero-order chi connectivity index (χ0) is 16.7. The fourth-order valence-electron chi connectivity index (χ4n) is 1.87. The molecular weight excluding hydrogens is 292 g/mol. The Morgan fingerprint density at radius 1 is 1.13 bits per heavy atom. The van der Waals surface area contributed by atoms with Gasteiger partial charge in [-0.05, 0) is 35.7 Å². The molecule has 0 aliphatic rings. The Kier molecular flexibility index (Phi) is 5.91. The molecule has 0 atom stereocenters. The van der Waals surface area contributed by atoms with Crippen molar-refractivity contribution in [1.82, 2.24) is 15.5 Å². The van der Waals surface area contributed by atoms with Gasteiger partial charge in [0.2, 0.25) is 0 Å². The topological polar surface area (TPSA) is 76.1 Å². The van der Waals surface area contributed by atoms with Gasteiger partial charge in [0.1, 0.15) is 11.6 Å². The highest BCUT2D eigenvalue weighted by Crippen LogP contribution is 2.11. The van der Waals surface area contributed by atoms with E-state index < -0.39 is 0 Å². The number of rotatable bonds is 7. The molecule has 23 heavy (non-hydrogen) atoms. The Morgan fingerprint density at radius 2 is 1.87 bits per heavy atom. The summed E-state index contributed by atoms with van der Waals surface area (Å²) in [6, 6.07) is 11.0. The van der Waals surface area contributed by atoms with E-state index in [2.05, 4.69) is 34.7 Å². The number of aromatic nitrogens is 2. The minimum Gasteiger partial charge on any atom is -0.497 e. The summed E-state index contributed by atoms with van der Waals surface area (Å²) in [6.07, 6.45) is 0. The molecule has 6 nitrogen and oxygen atoms in total. The molecule has 0 fully saturated rings. The number of methoxy groups -OCH3 is 1. The molecule has 6 heteroatoms. The molecule has 2 N–H and O–H groups in total. The Morgan fingerprint density at radius 3 is 2.43 bits per heavy atom. The Hall–Kier alpha value is -2.63. The van der Waals surface area contributed by atoms with E-state index in [4.69, 9.17) is 4.74 Å². The van der Waals surface area contributed by atoms with Gasteiger partial charge in [0.15, 0.2) is 5.69 Å². The lowest BCUT2D eigenvalue weighted by molar-refractivity contribution is 0.0945. The van der Waals surface area contributed by atoms with Gasteiger partial charge < -0.3 is 15.4 Å². The Labute approximate surface area is 136 Å². The number of carbonyl (C=O) groups excluding carboxylic acids is 1. The monoisotopic (exact) mass is 314 g/mol. The summed E-state index contributed by atoms with van der Waals surface area (Å²) in [5.74, 6) is 1.73. The van der Waals surface area contributed by atoms with Crippen LogP contribution in [0.1, 0.15) is 29.9 Å². The lowest BCUT2D eigenvalue weighted by Crippen LogP contribution is -2.24. The van der Waals surface area contributed by atoms with E-state index in [1.165, 1.54) is 0 Å². The molecule has 2 aromatic rings. The first-order chi connectivity index (χ1) is 11.1. The fourth-order valence-corrected chi connectivity index (χ4v) is 1.87. The normalized spacial score (nSPS) is 10.4. The first-order valence-electron chi connectivity index (χ1n) is 7.57. The number of amides is 1. The number of hydrogen-bond donors (Lipinski definition) is 2. The molecule has 122 valence electrons. The third-order valence-corrected chi connectivity index (χ3v) is 3.20. The van der Waals surface area contributed by atoms with Crippen LogP contribution >= 0.6 is 0 Å². The predicted molar refractivity (Wildman–Crippen MR) is 89.5 cm³/mol. The molecule has 1 aromatic carbocycles. The molecule has 0 saturated heterocycles. The lowest BCUT2D eigenvalue weighted by atomic mass is 10.2. The molecule has 1 amide bonds. The van der Waals surface area contributed by atoms with Crippen molar-refractivity contribution in [2.24, 2.45) is 5.92 Å². The Bertz CT molecular complexity index is 624. The molecule has 2 rings (SSSR count). The van der Waals surface area contributed by atoms with E-state index in [1.54, 1.807) is 19.2 Å². The van der Waals surface area contributed by atoms with Crippen LogP contribution in [0.15, 0.2) is 36.4 Å². The van der Waals surface area contributed by atoms with Gasteiger partial charge in [0.25, 0.3) is 5.91 Å². The maximum atomic E-state index is 12.1. The van der Waals surface area contributed by atoms with Gasteiger partial charge in [0.05, 0.1) is 7.11 Å². The van der Waals surface area contributed by atoms with Crippen molar-refractivity contribution in [3.63, 3.8) is 0 Å². The van der Waals surface area contributed by atoms with E-state index in [-0.39, 0.29) is 5.91 Å². The van der Waals surface area contributed by atoms with Crippen molar-refractivity contribution in [2.75, 3.05) is 19.0 Å². The second-order valence-electron chi connectivity index (χ2n) is 5.61. The van der Waals surface area contributed by atoms with Crippen LogP contribution in [0.3, 0.4) is 0 Å². The summed E-state index contributed by atoms with van der Waals surface area (Å²) >= 11 is 0. The molecule has 1 heterocycles. The fraction of sp³-hybridized carbons (Fsp3) is 0.353. The zero-order valence-corrected chi connectivity index (χ0v) is 13.7. The van der Waals surface area contributed by atoms with Crippen LogP contribution in [0.2, 0.25) is 0 Å². The molecule has 0 bridgehead atoms. The molecule has 0 spiro atoms. The van der Waals surface area contributed by atoms with Crippen molar-refractivity contribution in [1.29, 1.82) is 0 Å². The van der Waals surface area contributed by atoms with Crippen LogP contribution in [-0.2, 0) is 6.54 Å². The largest absolute Gasteiger partial charge is 0.497 e. The zero-order valence-electron chi connectivity index (χ0n) is 13.7. The van der Waals surface area contributed by atoms with Crippen LogP contribution in [0.4, 0.5) is 5.82 Å². The summed E-state index contributed by atoms with van der Waals surface area (Å²) in [6.45, 7) is 5.47. The molecule has 0 aliphatic carbocycles. The quantitative estimate of drug-likeness (QED) is 0.821. The first-order valence-corrected chi connectivity index (χ1v) is 7.57. The molecule has 0 unspecified atom stereocenters. The van der Waals surface area contributed by atoms with Crippen LogP contribution in [0.25, 0.3) is 0 Å².